The van der Waals surface area contributed by atoms with Gasteiger partial charge in [-0.3, -0.25) is 0 Å². The van der Waals surface area contributed by atoms with Gasteiger partial charge >= 0.3 is 0 Å². The Labute approximate surface area is 129 Å². The summed E-state index contributed by atoms with van der Waals surface area (Å²) in [7, 11) is 0. The highest BCUT2D eigenvalue weighted by atomic mass is 32.1. The first-order chi connectivity index (χ1) is 10.4. The number of thiazole rings is 1. The molecule has 0 aliphatic carbocycles. The molecule has 3 aromatic rings. The molecule has 3 rings (SSSR count). The molecule has 21 heavy (non-hydrogen) atoms. The Morgan fingerprint density at radius 3 is 2.76 bits per heavy atom. The molecule has 1 heterocycles. The van der Waals surface area contributed by atoms with Crippen LogP contribution in [0.4, 0.5) is 0 Å². The number of fused-ring (bicyclic) bond motifs is 1. The smallest absolute Gasteiger partial charge is 0.0940 e. The van der Waals surface area contributed by atoms with Gasteiger partial charge < -0.3 is 5.32 Å². The summed E-state index contributed by atoms with van der Waals surface area (Å²) in [6.45, 7) is 3.15. The molecule has 1 atom stereocenters. The zero-order valence-corrected chi connectivity index (χ0v) is 13.1. The highest BCUT2D eigenvalue weighted by molar-refractivity contribution is 7.09. The second-order valence-electron chi connectivity index (χ2n) is 5.23. The van der Waals surface area contributed by atoms with Gasteiger partial charge in [0.15, 0.2) is 0 Å². The van der Waals surface area contributed by atoms with Crippen LogP contribution in [0.15, 0.2) is 54.0 Å². The van der Waals surface area contributed by atoms with E-state index in [0.717, 1.165) is 19.4 Å². The highest BCUT2D eigenvalue weighted by Crippen LogP contribution is 2.21. The summed E-state index contributed by atoms with van der Waals surface area (Å²) < 4.78 is 0. The van der Waals surface area contributed by atoms with Crippen molar-refractivity contribution in [3.63, 3.8) is 0 Å². The van der Waals surface area contributed by atoms with Crippen molar-refractivity contribution in [1.29, 1.82) is 0 Å². The summed E-state index contributed by atoms with van der Waals surface area (Å²) in [6.07, 6.45) is 3.92. The fraction of sp³-hybridized carbons (Fsp3) is 0.278. The van der Waals surface area contributed by atoms with E-state index in [4.69, 9.17) is 0 Å². The lowest BCUT2D eigenvalue weighted by atomic mass is 9.97. The second kappa shape index (κ2) is 6.83. The molecule has 0 aliphatic rings. The molecule has 0 radical (unpaired) electrons. The number of hydrogen-bond acceptors (Lipinski definition) is 3. The molecule has 3 heteroatoms. The van der Waals surface area contributed by atoms with E-state index in [1.54, 1.807) is 11.3 Å². The molecule has 0 saturated carbocycles. The average molecular weight is 296 g/mol. The van der Waals surface area contributed by atoms with Gasteiger partial charge in [-0.2, -0.15) is 0 Å². The standard InChI is InChI=1S/C18H20N2S/c1-2-19-16(13-18-20-10-11-21-18)12-15-8-5-7-14-6-3-4-9-17(14)15/h3-11,16,19H,2,12-13H2,1H3. The first-order valence-corrected chi connectivity index (χ1v) is 8.33. The van der Waals surface area contributed by atoms with Gasteiger partial charge in [-0.05, 0) is 29.3 Å². The molecule has 0 spiro atoms. The lowest BCUT2D eigenvalue weighted by Gasteiger charge is -2.18. The number of aromatic nitrogens is 1. The molecule has 0 fully saturated rings. The normalized spacial score (nSPS) is 12.6. The van der Waals surface area contributed by atoms with Crippen LogP contribution in [0.3, 0.4) is 0 Å². The molecule has 0 saturated heterocycles. The van der Waals surface area contributed by atoms with Gasteiger partial charge in [0, 0.05) is 24.0 Å². The number of nitrogens with one attached hydrogen (secondary N) is 1. The molecule has 2 aromatic carbocycles. The summed E-state index contributed by atoms with van der Waals surface area (Å²) in [6, 6.07) is 15.6. The zero-order valence-electron chi connectivity index (χ0n) is 12.3. The van der Waals surface area contributed by atoms with Gasteiger partial charge in [0.2, 0.25) is 0 Å². The second-order valence-corrected chi connectivity index (χ2v) is 6.21. The van der Waals surface area contributed by atoms with E-state index >= 15 is 0 Å². The fourth-order valence-electron chi connectivity index (χ4n) is 2.81. The number of hydrogen-bond donors (Lipinski definition) is 1. The minimum atomic E-state index is 0.437. The van der Waals surface area contributed by atoms with E-state index in [1.165, 1.54) is 21.3 Å². The van der Waals surface area contributed by atoms with Crippen molar-refractivity contribution in [3.05, 3.63) is 64.6 Å². The molecule has 0 aliphatic heterocycles. The third kappa shape index (κ3) is 3.49. The fourth-order valence-corrected chi connectivity index (χ4v) is 3.50. The molecular formula is C18H20N2S. The van der Waals surface area contributed by atoms with Crippen LogP contribution in [0.25, 0.3) is 10.8 Å². The molecule has 1 aromatic heterocycles. The Kier molecular flexibility index (Phi) is 4.63. The summed E-state index contributed by atoms with van der Waals surface area (Å²) in [4.78, 5) is 4.42. The van der Waals surface area contributed by atoms with E-state index in [1.807, 2.05) is 6.20 Å². The van der Waals surface area contributed by atoms with Crippen molar-refractivity contribution in [2.45, 2.75) is 25.8 Å². The maximum Gasteiger partial charge on any atom is 0.0940 e. The van der Waals surface area contributed by atoms with Crippen LogP contribution in [0.1, 0.15) is 17.5 Å². The average Bonchev–Trinajstić information content (AvgIpc) is 3.01. The lowest BCUT2D eigenvalue weighted by Crippen LogP contribution is -2.33. The van der Waals surface area contributed by atoms with Crippen LogP contribution in [0.2, 0.25) is 0 Å². The quantitative estimate of drug-likeness (QED) is 0.742. The first-order valence-electron chi connectivity index (χ1n) is 7.45. The topological polar surface area (TPSA) is 24.9 Å². The molecule has 0 amide bonds. The number of nitrogens with zero attached hydrogens (tertiary/aromatic N) is 1. The first kappa shape index (κ1) is 14.2. The monoisotopic (exact) mass is 296 g/mol. The maximum atomic E-state index is 4.42. The van der Waals surface area contributed by atoms with E-state index in [9.17, 15) is 0 Å². The molecule has 1 unspecified atom stereocenters. The summed E-state index contributed by atoms with van der Waals surface area (Å²) in [5.41, 5.74) is 1.41. The van der Waals surface area contributed by atoms with Gasteiger partial charge in [-0.15, -0.1) is 11.3 Å². The maximum absolute atomic E-state index is 4.42. The largest absolute Gasteiger partial charge is 0.314 e. The van der Waals surface area contributed by atoms with E-state index in [0.29, 0.717) is 6.04 Å². The van der Waals surface area contributed by atoms with Crippen LogP contribution in [-0.2, 0) is 12.8 Å². The van der Waals surface area contributed by atoms with Crippen LogP contribution < -0.4 is 5.32 Å². The van der Waals surface area contributed by atoms with Crippen LogP contribution in [0.5, 0.6) is 0 Å². The van der Waals surface area contributed by atoms with Gasteiger partial charge in [0.25, 0.3) is 0 Å². The number of likely N-dealkylation sites (N-methyl/N-ethyl adjacent to an activating group) is 1. The minimum Gasteiger partial charge on any atom is -0.314 e. The summed E-state index contributed by atoms with van der Waals surface area (Å²) in [5.74, 6) is 0. The van der Waals surface area contributed by atoms with E-state index in [-0.39, 0.29) is 0 Å². The van der Waals surface area contributed by atoms with Gasteiger partial charge in [-0.25, -0.2) is 4.98 Å². The zero-order chi connectivity index (χ0) is 14.5. The highest BCUT2D eigenvalue weighted by Gasteiger charge is 2.12. The number of rotatable bonds is 6. The Morgan fingerprint density at radius 1 is 1.10 bits per heavy atom. The van der Waals surface area contributed by atoms with Crippen molar-refractivity contribution in [2.75, 3.05) is 6.54 Å². The van der Waals surface area contributed by atoms with Gasteiger partial charge in [-0.1, -0.05) is 49.4 Å². The molecule has 1 N–H and O–H groups in total. The van der Waals surface area contributed by atoms with E-state index < -0.39 is 0 Å². The Morgan fingerprint density at radius 2 is 1.95 bits per heavy atom. The SMILES string of the molecule is CCNC(Cc1nccs1)Cc1cccc2ccccc12. The number of benzene rings is 2. The molecular weight excluding hydrogens is 276 g/mol. The van der Waals surface area contributed by atoms with Crippen LogP contribution >= 0.6 is 11.3 Å². The van der Waals surface area contributed by atoms with Gasteiger partial charge in [0.05, 0.1) is 5.01 Å². The van der Waals surface area contributed by atoms with Crippen LogP contribution in [0, 0.1) is 0 Å². The Bertz CT molecular complexity index is 686. The third-order valence-electron chi connectivity index (χ3n) is 3.74. The molecule has 0 bridgehead atoms. The predicted octanol–water partition coefficient (Wildman–Crippen LogP) is 4.06. The summed E-state index contributed by atoms with van der Waals surface area (Å²) in [5, 5.41) is 9.54. The van der Waals surface area contributed by atoms with Crippen molar-refractivity contribution in [1.82, 2.24) is 10.3 Å². The van der Waals surface area contributed by atoms with Crippen molar-refractivity contribution < 1.29 is 0 Å². The van der Waals surface area contributed by atoms with Crippen molar-refractivity contribution in [3.8, 4) is 0 Å². The summed E-state index contributed by atoms with van der Waals surface area (Å²) >= 11 is 1.74. The Hall–Kier alpha value is -1.71. The third-order valence-corrected chi connectivity index (χ3v) is 4.55. The van der Waals surface area contributed by atoms with Crippen LogP contribution in [-0.4, -0.2) is 17.6 Å². The lowest BCUT2D eigenvalue weighted by molar-refractivity contribution is 0.522. The predicted molar refractivity (Wildman–Crippen MR) is 90.9 cm³/mol. The van der Waals surface area contributed by atoms with Crippen molar-refractivity contribution in [2.24, 2.45) is 0 Å². The molecule has 2 nitrogen and oxygen atoms in total. The van der Waals surface area contributed by atoms with Crippen molar-refractivity contribution >= 4 is 22.1 Å². The molecule has 108 valence electrons. The van der Waals surface area contributed by atoms with E-state index in [2.05, 4.69) is 65.1 Å². The van der Waals surface area contributed by atoms with Gasteiger partial charge in [0.1, 0.15) is 0 Å². The Balaban J connectivity index is 1.83. The minimum absolute atomic E-state index is 0.437.